The van der Waals surface area contributed by atoms with Crippen molar-refractivity contribution >= 4 is 16.9 Å². The molecular formula is C19H23N3OS. The molecule has 0 saturated carbocycles. The Balaban J connectivity index is 1.67. The molecule has 0 bridgehead atoms. The Morgan fingerprint density at radius 3 is 2.38 bits per heavy atom. The normalized spacial score (nSPS) is 15.2. The fraction of sp³-hybridized carbons (Fsp3) is 0.316. The summed E-state index contributed by atoms with van der Waals surface area (Å²) in [7, 11) is 1.69. The summed E-state index contributed by atoms with van der Waals surface area (Å²) < 4.78 is 5.24. The van der Waals surface area contributed by atoms with E-state index in [0.29, 0.717) is 0 Å². The van der Waals surface area contributed by atoms with Crippen molar-refractivity contribution in [1.29, 1.82) is 0 Å². The number of thioether (sulfide) groups is 1. The zero-order valence-electron chi connectivity index (χ0n) is 14.2. The molecule has 24 heavy (non-hydrogen) atoms. The van der Waals surface area contributed by atoms with Crippen molar-refractivity contribution in [3.8, 4) is 5.75 Å². The number of rotatable bonds is 5. The molecule has 1 heterocycles. The highest BCUT2D eigenvalue weighted by Gasteiger charge is 2.20. The standard InChI is InChI=1S/C19H23N3OS/c1-23-18-10-8-17(9-11-18)13-22-15-21(14-20-19(22)24-2)12-16-6-4-3-5-7-16/h3-11H,12-15H2,1-2H3. The average Bonchev–Trinajstić information content (AvgIpc) is 2.63. The fourth-order valence-corrected chi connectivity index (χ4v) is 3.38. The summed E-state index contributed by atoms with van der Waals surface area (Å²) in [4.78, 5) is 9.44. The van der Waals surface area contributed by atoms with Crippen LogP contribution in [0.1, 0.15) is 11.1 Å². The molecular weight excluding hydrogens is 318 g/mol. The number of nitrogens with zero attached hydrogens (tertiary/aromatic N) is 3. The highest BCUT2D eigenvalue weighted by Crippen LogP contribution is 2.19. The molecule has 0 fully saturated rings. The Bertz CT molecular complexity index is 673. The van der Waals surface area contributed by atoms with Gasteiger partial charge in [-0.2, -0.15) is 0 Å². The van der Waals surface area contributed by atoms with Crippen molar-refractivity contribution < 1.29 is 4.74 Å². The lowest BCUT2D eigenvalue weighted by molar-refractivity contribution is 0.164. The van der Waals surface area contributed by atoms with Crippen molar-refractivity contribution in [1.82, 2.24) is 9.80 Å². The van der Waals surface area contributed by atoms with Gasteiger partial charge in [-0.1, -0.05) is 54.2 Å². The summed E-state index contributed by atoms with van der Waals surface area (Å²) in [6.45, 7) is 3.42. The summed E-state index contributed by atoms with van der Waals surface area (Å²) >= 11 is 1.71. The molecule has 0 saturated heterocycles. The Morgan fingerprint density at radius 1 is 1.00 bits per heavy atom. The van der Waals surface area contributed by atoms with Crippen LogP contribution in [0.3, 0.4) is 0 Å². The minimum absolute atomic E-state index is 0.754. The lowest BCUT2D eigenvalue weighted by Crippen LogP contribution is -2.44. The van der Waals surface area contributed by atoms with E-state index < -0.39 is 0 Å². The summed E-state index contributed by atoms with van der Waals surface area (Å²) in [6, 6.07) is 18.8. The van der Waals surface area contributed by atoms with Gasteiger partial charge < -0.3 is 9.64 Å². The van der Waals surface area contributed by atoms with Gasteiger partial charge in [0.15, 0.2) is 5.17 Å². The van der Waals surface area contributed by atoms with Crippen molar-refractivity contribution in [2.75, 3.05) is 26.7 Å². The van der Waals surface area contributed by atoms with Crippen LogP contribution in [0.25, 0.3) is 0 Å². The highest BCUT2D eigenvalue weighted by atomic mass is 32.2. The number of benzene rings is 2. The van der Waals surface area contributed by atoms with Crippen LogP contribution < -0.4 is 4.74 Å². The number of hydrogen-bond donors (Lipinski definition) is 0. The second-order valence-electron chi connectivity index (χ2n) is 5.79. The highest BCUT2D eigenvalue weighted by molar-refractivity contribution is 8.13. The van der Waals surface area contributed by atoms with Gasteiger partial charge in [0.2, 0.25) is 0 Å². The van der Waals surface area contributed by atoms with E-state index in [1.807, 2.05) is 12.1 Å². The Morgan fingerprint density at radius 2 is 1.71 bits per heavy atom. The van der Waals surface area contributed by atoms with Crippen LogP contribution >= 0.6 is 11.8 Å². The lowest BCUT2D eigenvalue weighted by Gasteiger charge is -2.35. The molecule has 0 spiro atoms. The van der Waals surface area contributed by atoms with Crippen LogP contribution in [0, 0.1) is 0 Å². The third kappa shape index (κ3) is 4.30. The first-order valence-electron chi connectivity index (χ1n) is 8.01. The zero-order valence-corrected chi connectivity index (χ0v) is 15.0. The average molecular weight is 341 g/mol. The van der Waals surface area contributed by atoms with E-state index in [-0.39, 0.29) is 0 Å². The topological polar surface area (TPSA) is 28.1 Å². The monoisotopic (exact) mass is 341 g/mol. The maximum absolute atomic E-state index is 5.24. The van der Waals surface area contributed by atoms with Gasteiger partial charge in [0, 0.05) is 13.1 Å². The van der Waals surface area contributed by atoms with E-state index in [9.17, 15) is 0 Å². The van der Waals surface area contributed by atoms with Crippen molar-refractivity contribution in [2.24, 2.45) is 4.99 Å². The first-order chi connectivity index (χ1) is 11.8. The molecule has 2 aromatic carbocycles. The molecule has 0 radical (unpaired) electrons. The largest absolute Gasteiger partial charge is 0.497 e. The summed E-state index contributed by atoms with van der Waals surface area (Å²) in [6.07, 6.45) is 2.09. The SMILES string of the molecule is COc1ccc(CN2CN(Cc3ccccc3)CN=C2SC)cc1. The zero-order chi connectivity index (χ0) is 16.8. The minimum Gasteiger partial charge on any atom is -0.497 e. The van der Waals surface area contributed by atoms with Crippen LogP contribution in [0.4, 0.5) is 0 Å². The van der Waals surface area contributed by atoms with Crippen LogP contribution in [0.2, 0.25) is 0 Å². The smallest absolute Gasteiger partial charge is 0.161 e. The molecule has 0 amide bonds. The molecule has 0 atom stereocenters. The van der Waals surface area contributed by atoms with Crippen molar-refractivity contribution in [3.05, 3.63) is 65.7 Å². The van der Waals surface area contributed by atoms with Crippen LogP contribution in [0.5, 0.6) is 5.75 Å². The molecule has 0 aliphatic carbocycles. The molecule has 1 aliphatic heterocycles. The van der Waals surface area contributed by atoms with Gasteiger partial charge in [0.25, 0.3) is 0 Å². The fourth-order valence-electron chi connectivity index (χ4n) is 2.81. The van der Waals surface area contributed by atoms with E-state index in [1.165, 1.54) is 11.1 Å². The van der Waals surface area contributed by atoms with Crippen molar-refractivity contribution in [3.63, 3.8) is 0 Å². The number of hydrogen-bond acceptors (Lipinski definition) is 5. The van der Waals surface area contributed by atoms with E-state index in [1.54, 1.807) is 18.9 Å². The van der Waals surface area contributed by atoms with Gasteiger partial charge >= 0.3 is 0 Å². The quantitative estimate of drug-likeness (QED) is 0.830. The molecule has 1 aliphatic rings. The first kappa shape index (κ1) is 16.9. The molecule has 0 N–H and O–H groups in total. The van der Waals surface area contributed by atoms with Crippen LogP contribution in [-0.4, -0.2) is 41.7 Å². The van der Waals surface area contributed by atoms with Gasteiger partial charge in [-0.3, -0.25) is 4.90 Å². The summed E-state index contributed by atoms with van der Waals surface area (Å²) in [5.41, 5.74) is 2.59. The molecule has 126 valence electrons. The van der Waals surface area contributed by atoms with Gasteiger partial charge in [-0.25, -0.2) is 4.99 Å². The van der Waals surface area contributed by atoms with E-state index in [2.05, 4.69) is 58.5 Å². The molecule has 0 aromatic heterocycles. The molecule has 5 heteroatoms. The van der Waals surface area contributed by atoms with Crippen LogP contribution in [0.15, 0.2) is 59.6 Å². The minimum atomic E-state index is 0.754. The summed E-state index contributed by atoms with van der Waals surface area (Å²) in [5, 5.41) is 1.11. The predicted molar refractivity (Wildman–Crippen MR) is 101 cm³/mol. The third-order valence-corrected chi connectivity index (χ3v) is 4.76. The Hall–Kier alpha value is -1.98. The Labute approximate surface area is 148 Å². The van der Waals surface area contributed by atoms with Gasteiger partial charge in [0.1, 0.15) is 5.75 Å². The Kier molecular flexibility index (Phi) is 5.77. The number of amidine groups is 1. The predicted octanol–water partition coefficient (Wildman–Crippen LogP) is 3.65. The van der Waals surface area contributed by atoms with E-state index >= 15 is 0 Å². The first-order valence-corrected chi connectivity index (χ1v) is 9.23. The van der Waals surface area contributed by atoms with Gasteiger partial charge in [-0.05, 0) is 29.5 Å². The summed E-state index contributed by atoms with van der Waals surface area (Å²) in [5.74, 6) is 0.891. The maximum atomic E-state index is 5.24. The number of aliphatic imine (C=N–C) groups is 1. The molecule has 3 rings (SSSR count). The lowest BCUT2D eigenvalue weighted by atomic mass is 10.2. The molecule has 4 nitrogen and oxygen atoms in total. The molecule has 2 aromatic rings. The molecule has 0 unspecified atom stereocenters. The van der Waals surface area contributed by atoms with Crippen molar-refractivity contribution in [2.45, 2.75) is 13.1 Å². The van der Waals surface area contributed by atoms with E-state index in [4.69, 9.17) is 9.73 Å². The van der Waals surface area contributed by atoms with Gasteiger partial charge in [-0.15, -0.1) is 0 Å². The second kappa shape index (κ2) is 8.22. The van der Waals surface area contributed by atoms with Crippen LogP contribution in [-0.2, 0) is 13.1 Å². The number of ether oxygens (including phenoxy) is 1. The van der Waals surface area contributed by atoms with E-state index in [0.717, 1.165) is 37.3 Å². The van der Waals surface area contributed by atoms with Gasteiger partial charge in [0.05, 0.1) is 20.4 Å². The second-order valence-corrected chi connectivity index (χ2v) is 6.56. The maximum Gasteiger partial charge on any atom is 0.161 e. The number of methoxy groups -OCH3 is 1. The third-order valence-electron chi connectivity index (χ3n) is 4.01.